The molecular weight excluding hydrogens is 417 g/mol. The van der Waals surface area contributed by atoms with Gasteiger partial charge in [0.15, 0.2) is 0 Å². The second-order valence-corrected chi connectivity index (χ2v) is 9.01. The molecule has 0 saturated heterocycles. The van der Waals surface area contributed by atoms with Gasteiger partial charge in [0.1, 0.15) is 0 Å². The summed E-state index contributed by atoms with van der Waals surface area (Å²) in [6.45, 7) is 0.640. The van der Waals surface area contributed by atoms with Crippen molar-refractivity contribution < 1.29 is 8.42 Å². The molecule has 9 heteroatoms. The maximum atomic E-state index is 12.7. The molecule has 4 rings (SSSR count). The molecule has 26 heavy (non-hydrogen) atoms. The number of halogens is 3. The van der Waals surface area contributed by atoms with Gasteiger partial charge in [0.2, 0.25) is 0 Å². The van der Waals surface area contributed by atoms with Crippen molar-refractivity contribution in [1.29, 1.82) is 0 Å². The van der Waals surface area contributed by atoms with Gasteiger partial charge in [0, 0.05) is 28.2 Å². The zero-order valence-corrected chi connectivity index (χ0v) is 16.5. The van der Waals surface area contributed by atoms with Crippen LogP contribution in [0.4, 0.5) is 5.69 Å². The summed E-state index contributed by atoms with van der Waals surface area (Å²) in [7, 11) is -3.72. The van der Waals surface area contributed by atoms with E-state index in [9.17, 15) is 8.42 Å². The third-order valence-corrected chi connectivity index (χ3v) is 6.87. The zero-order chi connectivity index (χ0) is 18.5. The van der Waals surface area contributed by atoms with Crippen molar-refractivity contribution >= 4 is 61.6 Å². The number of benzene rings is 2. The summed E-state index contributed by atoms with van der Waals surface area (Å²) in [6.07, 6.45) is 0.609. The Morgan fingerprint density at radius 2 is 1.85 bits per heavy atom. The summed E-state index contributed by atoms with van der Waals surface area (Å²) in [4.78, 5) is 3.29. The Balaban J connectivity index is 1.61. The lowest BCUT2D eigenvalue weighted by Crippen LogP contribution is -2.39. The molecule has 136 valence electrons. The molecule has 0 amide bonds. The molecule has 5 nitrogen and oxygen atoms in total. The predicted octanol–water partition coefficient (Wildman–Crippen LogP) is 4.84. The second kappa shape index (κ2) is 6.62. The number of rotatable bonds is 3. The molecule has 3 aromatic rings. The van der Waals surface area contributed by atoms with Crippen LogP contribution < -0.4 is 4.72 Å². The van der Waals surface area contributed by atoms with Crippen molar-refractivity contribution in [2.45, 2.75) is 13.0 Å². The maximum absolute atomic E-state index is 12.7. The lowest BCUT2D eigenvalue weighted by Gasteiger charge is -2.26. The minimum absolute atomic E-state index is 0.262. The first-order valence-corrected chi connectivity index (χ1v) is 10.4. The number of H-pyrrole nitrogens is 1. The monoisotopic (exact) mass is 429 g/mol. The summed E-state index contributed by atoms with van der Waals surface area (Å²) >= 11 is 17.9. The van der Waals surface area contributed by atoms with Crippen LogP contribution in [0.15, 0.2) is 36.4 Å². The molecule has 2 heterocycles. The average Bonchev–Trinajstić information content (AvgIpc) is 2.95. The SMILES string of the molecule is O=S(=O)(Nc1ccc(Cl)c(Cl)c1)N1CCc2c([nH]c3ccc(Cl)cc23)C1. The van der Waals surface area contributed by atoms with Gasteiger partial charge in [0.25, 0.3) is 0 Å². The molecule has 0 fully saturated rings. The van der Waals surface area contributed by atoms with E-state index in [2.05, 4.69) is 9.71 Å². The normalized spacial score (nSPS) is 15.2. The highest BCUT2D eigenvalue weighted by molar-refractivity contribution is 7.90. The topological polar surface area (TPSA) is 65.2 Å². The summed E-state index contributed by atoms with van der Waals surface area (Å²) in [5.74, 6) is 0. The molecular formula is C17H14Cl3N3O2S. The van der Waals surface area contributed by atoms with Gasteiger partial charge in [-0.15, -0.1) is 0 Å². The Kier molecular flexibility index (Phi) is 4.57. The fraction of sp³-hybridized carbons (Fsp3) is 0.176. The predicted molar refractivity (Wildman–Crippen MR) is 106 cm³/mol. The molecule has 1 aromatic heterocycles. The Labute approximate surface area is 166 Å². The van der Waals surface area contributed by atoms with E-state index in [4.69, 9.17) is 34.8 Å². The number of nitrogens with one attached hydrogen (secondary N) is 2. The molecule has 1 aliphatic rings. The third kappa shape index (κ3) is 3.28. The van der Waals surface area contributed by atoms with E-state index in [1.807, 2.05) is 18.2 Å². The first-order chi connectivity index (χ1) is 12.3. The lowest BCUT2D eigenvalue weighted by atomic mass is 10.0. The van der Waals surface area contributed by atoms with Gasteiger partial charge in [-0.25, -0.2) is 0 Å². The van der Waals surface area contributed by atoms with Crippen LogP contribution in [0.5, 0.6) is 0 Å². The highest BCUT2D eigenvalue weighted by Crippen LogP contribution is 2.31. The number of fused-ring (bicyclic) bond motifs is 3. The van der Waals surface area contributed by atoms with E-state index < -0.39 is 10.2 Å². The highest BCUT2D eigenvalue weighted by Gasteiger charge is 2.29. The molecule has 0 bridgehead atoms. The van der Waals surface area contributed by atoms with Crippen molar-refractivity contribution in [2.24, 2.45) is 0 Å². The van der Waals surface area contributed by atoms with Gasteiger partial charge in [-0.1, -0.05) is 34.8 Å². The Bertz CT molecular complexity index is 1110. The number of hydrogen-bond donors (Lipinski definition) is 2. The van der Waals surface area contributed by atoms with Crippen LogP contribution in [0, 0.1) is 0 Å². The smallest absolute Gasteiger partial charge is 0.302 e. The molecule has 0 saturated carbocycles. The first kappa shape index (κ1) is 17.9. The van der Waals surface area contributed by atoms with E-state index in [1.165, 1.54) is 10.4 Å². The van der Waals surface area contributed by atoms with E-state index in [0.29, 0.717) is 33.7 Å². The van der Waals surface area contributed by atoms with Crippen LogP contribution >= 0.6 is 34.8 Å². The van der Waals surface area contributed by atoms with Gasteiger partial charge in [-0.2, -0.15) is 12.7 Å². The van der Waals surface area contributed by atoms with Crippen LogP contribution in [0.3, 0.4) is 0 Å². The molecule has 0 aliphatic carbocycles. The van der Waals surface area contributed by atoms with Crippen molar-refractivity contribution in [3.63, 3.8) is 0 Å². The summed E-state index contributed by atoms with van der Waals surface area (Å²) in [5, 5.41) is 2.37. The molecule has 1 aliphatic heterocycles. The summed E-state index contributed by atoms with van der Waals surface area (Å²) in [6, 6.07) is 10.2. The van der Waals surface area contributed by atoms with Crippen molar-refractivity contribution in [2.75, 3.05) is 11.3 Å². The minimum Gasteiger partial charge on any atom is -0.357 e. The van der Waals surface area contributed by atoms with Crippen LogP contribution in [-0.2, 0) is 23.2 Å². The standard InChI is InChI=1S/C17H14Cl3N3O2S/c18-10-1-4-16-13(7-10)12-5-6-23(9-17(12)21-16)26(24,25)22-11-2-3-14(19)15(20)8-11/h1-4,7-8,21-22H,5-6,9H2. The van der Waals surface area contributed by atoms with Crippen molar-refractivity contribution in [1.82, 2.24) is 9.29 Å². The first-order valence-electron chi connectivity index (χ1n) is 7.85. The Morgan fingerprint density at radius 3 is 2.62 bits per heavy atom. The van der Waals surface area contributed by atoms with Crippen molar-refractivity contribution in [3.05, 3.63) is 62.7 Å². The van der Waals surface area contributed by atoms with Gasteiger partial charge in [-0.3, -0.25) is 4.72 Å². The maximum Gasteiger partial charge on any atom is 0.302 e. The lowest BCUT2D eigenvalue weighted by molar-refractivity contribution is 0.391. The fourth-order valence-electron chi connectivity index (χ4n) is 3.17. The number of nitrogens with zero attached hydrogens (tertiary/aromatic N) is 1. The van der Waals surface area contributed by atoms with Crippen LogP contribution in [0.2, 0.25) is 15.1 Å². The Hall–Kier alpha value is -1.44. The number of aromatic nitrogens is 1. The van der Waals surface area contributed by atoms with E-state index in [1.54, 1.807) is 12.1 Å². The Morgan fingerprint density at radius 1 is 1.04 bits per heavy atom. The van der Waals surface area contributed by atoms with E-state index in [-0.39, 0.29) is 6.54 Å². The van der Waals surface area contributed by atoms with Gasteiger partial charge in [0.05, 0.1) is 22.3 Å². The van der Waals surface area contributed by atoms with Crippen LogP contribution in [-0.4, -0.2) is 24.3 Å². The number of hydrogen-bond acceptors (Lipinski definition) is 2. The van der Waals surface area contributed by atoms with E-state index in [0.717, 1.165) is 22.2 Å². The quantitative estimate of drug-likeness (QED) is 0.624. The van der Waals surface area contributed by atoms with Crippen LogP contribution in [0.1, 0.15) is 11.3 Å². The average molecular weight is 431 g/mol. The van der Waals surface area contributed by atoms with Crippen LogP contribution in [0.25, 0.3) is 10.9 Å². The second-order valence-electron chi connectivity index (χ2n) is 6.09. The third-order valence-electron chi connectivity index (χ3n) is 4.41. The molecule has 0 atom stereocenters. The van der Waals surface area contributed by atoms with Gasteiger partial charge >= 0.3 is 10.2 Å². The highest BCUT2D eigenvalue weighted by atomic mass is 35.5. The minimum atomic E-state index is -3.72. The molecule has 2 N–H and O–H groups in total. The summed E-state index contributed by atoms with van der Waals surface area (Å²) in [5.41, 5.74) is 3.32. The molecule has 0 unspecified atom stereocenters. The zero-order valence-electron chi connectivity index (χ0n) is 13.4. The van der Waals surface area contributed by atoms with E-state index >= 15 is 0 Å². The fourth-order valence-corrected chi connectivity index (χ4v) is 4.82. The van der Waals surface area contributed by atoms with Gasteiger partial charge in [-0.05, 0) is 48.4 Å². The molecule has 2 aromatic carbocycles. The molecule has 0 radical (unpaired) electrons. The largest absolute Gasteiger partial charge is 0.357 e. The van der Waals surface area contributed by atoms with Gasteiger partial charge < -0.3 is 4.98 Å². The summed E-state index contributed by atoms with van der Waals surface area (Å²) < 4.78 is 29.4. The number of aromatic amines is 1. The molecule has 0 spiro atoms. The number of anilines is 1. The van der Waals surface area contributed by atoms with Crippen molar-refractivity contribution in [3.8, 4) is 0 Å².